The summed E-state index contributed by atoms with van der Waals surface area (Å²) in [6.45, 7) is 0.289. The van der Waals surface area contributed by atoms with Gasteiger partial charge in [-0.1, -0.05) is 12.1 Å². The average Bonchev–Trinajstić information content (AvgIpc) is 2.65. The second kappa shape index (κ2) is 7.18. The third-order valence-electron chi connectivity index (χ3n) is 3.66. The van der Waals surface area contributed by atoms with Crippen molar-refractivity contribution in [2.24, 2.45) is 0 Å². The van der Waals surface area contributed by atoms with Crippen molar-refractivity contribution >= 4 is 11.7 Å². The second-order valence-electron chi connectivity index (χ2n) is 5.24. The molecular weight excluding hydrogens is 330 g/mol. The zero-order chi connectivity index (χ0) is 17.8. The van der Waals surface area contributed by atoms with Crippen LogP contribution in [-0.2, 0) is 22.7 Å². The van der Waals surface area contributed by atoms with Crippen LogP contribution in [0.15, 0.2) is 36.4 Å². The Bertz CT molecular complexity index is 819. The van der Waals surface area contributed by atoms with E-state index in [0.717, 1.165) is 0 Å². The van der Waals surface area contributed by atoms with Crippen molar-refractivity contribution in [3.8, 4) is 11.5 Å². The van der Waals surface area contributed by atoms with E-state index >= 15 is 0 Å². The molecule has 0 unspecified atom stereocenters. The normalized spacial score (nSPS) is 12.7. The number of hydrogen-bond acceptors (Lipinski definition) is 7. The number of ether oxygens (including phenoxy) is 4. The Morgan fingerprint density at radius 1 is 1.32 bits per heavy atom. The molecule has 1 aliphatic rings. The molecule has 25 heavy (non-hydrogen) atoms. The summed E-state index contributed by atoms with van der Waals surface area (Å²) >= 11 is 0. The summed E-state index contributed by atoms with van der Waals surface area (Å²) in [6.07, 6.45) is 0. The van der Waals surface area contributed by atoms with E-state index in [1.54, 1.807) is 24.3 Å². The monoisotopic (exact) mass is 345 g/mol. The van der Waals surface area contributed by atoms with Crippen LogP contribution in [0.4, 0.5) is 5.69 Å². The molecule has 0 saturated heterocycles. The van der Waals surface area contributed by atoms with Crippen LogP contribution in [-0.4, -0.2) is 24.8 Å². The maximum absolute atomic E-state index is 11.8. The van der Waals surface area contributed by atoms with Gasteiger partial charge in [0.25, 0.3) is 5.69 Å². The summed E-state index contributed by atoms with van der Waals surface area (Å²) in [4.78, 5) is 22.4. The Labute approximate surface area is 143 Å². The molecule has 0 saturated carbocycles. The van der Waals surface area contributed by atoms with Crippen LogP contribution in [0.5, 0.6) is 11.5 Å². The lowest BCUT2D eigenvalue weighted by Gasteiger charge is -2.21. The Kier molecular flexibility index (Phi) is 4.80. The van der Waals surface area contributed by atoms with Gasteiger partial charge in [-0.2, -0.15) is 0 Å². The number of methoxy groups -OCH3 is 1. The first-order valence-corrected chi connectivity index (χ1v) is 7.41. The number of nitrogens with zero attached hydrogens (tertiary/aromatic N) is 1. The number of rotatable bonds is 5. The first-order valence-electron chi connectivity index (χ1n) is 7.41. The van der Waals surface area contributed by atoms with Gasteiger partial charge in [-0.05, 0) is 12.1 Å². The molecule has 0 radical (unpaired) electrons. The van der Waals surface area contributed by atoms with Crippen molar-refractivity contribution in [1.29, 1.82) is 0 Å². The lowest BCUT2D eigenvalue weighted by atomic mass is 10.1. The average molecular weight is 345 g/mol. The quantitative estimate of drug-likeness (QED) is 0.467. The summed E-state index contributed by atoms with van der Waals surface area (Å²) in [5, 5.41) is 11.1. The molecule has 0 bridgehead atoms. The van der Waals surface area contributed by atoms with Gasteiger partial charge >= 0.3 is 5.97 Å². The lowest BCUT2D eigenvalue weighted by molar-refractivity contribution is -0.385. The van der Waals surface area contributed by atoms with Crippen LogP contribution in [0.1, 0.15) is 21.5 Å². The molecule has 0 spiro atoms. The van der Waals surface area contributed by atoms with Gasteiger partial charge in [-0.25, -0.2) is 4.79 Å². The molecule has 0 amide bonds. The van der Waals surface area contributed by atoms with E-state index in [1.807, 2.05) is 0 Å². The van der Waals surface area contributed by atoms with Crippen LogP contribution in [0, 0.1) is 10.1 Å². The zero-order valence-electron chi connectivity index (χ0n) is 13.4. The standard InChI is InChI=1S/C17H15NO7/c1-22-17(19)14-4-2-3-5-15(14)24-9-12-7-13(18(20)21)6-11-8-23-10-25-16(11)12/h2-7H,8-10H2,1H3. The Morgan fingerprint density at radius 2 is 2.12 bits per heavy atom. The fourth-order valence-electron chi connectivity index (χ4n) is 2.52. The molecule has 0 aromatic heterocycles. The van der Waals surface area contributed by atoms with Crippen molar-refractivity contribution in [3.05, 3.63) is 63.2 Å². The van der Waals surface area contributed by atoms with Crippen LogP contribution in [0.2, 0.25) is 0 Å². The summed E-state index contributed by atoms with van der Waals surface area (Å²) in [6, 6.07) is 9.42. The molecule has 0 fully saturated rings. The largest absolute Gasteiger partial charge is 0.488 e. The molecule has 3 rings (SSSR count). The summed E-state index contributed by atoms with van der Waals surface area (Å²) in [7, 11) is 1.28. The van der Waals surface area contributed by atoms with Gasteiger partial charge in [0.05, 0.1) is 18.6 Å². The SMILES string of the molecule is COC(=O)c1ccccc1OCc1cc([N+](=O)[O-])cc2c1OCOC2. The van der Waals surface area contributed by atoms with E-state index in [-0.39, 0.29) is 31.3 Å². The zero-order valence-corrected chi connectivity index (χ0v) is 13.4. The minimum Gasteiger partial charge on any atom is -0.488 e. The number of nitro benzene ring substituents is 1. The van der Waals surface area contributed by atoms with Crippen LogP contribution < -0.4 is 9.47 Å². The van der Waals surface area contributed by atoms with Crippen LogP contribution >= 0.6 is 0 Å². The van der Waals surface area contributed by atoms with Gasteiger partial charge in [0.2, 0.25) is 0 Å². The maximum atomic E-state index is 11.8. The van der Waals surface area contributed by atoms with Crippen molar-refractivity contribution in [2.75, 3.05) is 13.9 Å². The molecule has 1 heterocycles. The van der Waals surface area contributed by atoms with Crippen LogP contribution in [0.3, 0.4) is 0 Å². The van der Waals surface area contributed by atoms with Crippen molar-refractivity contribution in [3.63, 3.8) is 0 Å². The molecule has 8 nitrogen and oxygen atoms in total. The number of para-hydroxylation sites is 1. The minimum atomic E-state index is -0.527. The highest BCUT2D eigenvalue weighted by atomic mass is 16.7. The first-order chi connectivity index (χ1) is 12.1. The Morgan fingerprint density at radius 3 is 2.88 bits per heavy atom. The van der Waals surface area contributed by atoms with Crippen LogP contribution in [0.25, 0.3) is 0 Å². The highest BCUT2D eigenvalue weighted by Gasteiger charge is 2.22. The number of fused-ring (bicyclic) bond motifs is 1. The van der Waals surface area contributed by atoms with Gasteiger partial charge in [0.15, 0.2) is 6.79 Å². The fraction of sp³-hybridized carbons (Fsp3) is 0.235. The molecule has 0 atom stereocenters. The van der Waals surface area contributed by atoms with E-state index < -0.39 is 10.9 Å². The lowest BCUT2D eigenvalue weighted by Crippen LogP contribution is -2.15. The van der Waals surface area contributed by atoms with Gasteiger partial charge in [0.1, 0.15) is 23.7 Å². The molecule has 0 aliphatic carbocycles. The first kappa shape index (κ1) is 16.7. The fourth-order valence-corrected chi connectivity index (χ4v) is 2.52. The van der Waals surface area contributed by atoms with Crippen molar-refractivity contribution < 1.29 is 28.7 Å². The smallest absolute Gasteiger partial charge is 0.341 e. The predicted molar refractivity (Wildman–Crippen MR) is 85.5 cm³/mol. The molecule has 0 N–H and O–H groups in total. The summed E-state index contributed by atoms with van der Waals surface area (Å²) in [5.41, 5.74) is 1.29. The van der Waals surface area contributed by atoms with E-state index in [2.05, 4.69) is 0 Å². The summed E-state index contributed by atoms with van der Waals surface area (Å²) in [5.74, 6) is 0.301. The van der Waals surface area contributed by atoms with E-state index in [0.29, 0.717) is 22.6 Å². The molecule has 8 heteroatoms. The van der Waals surface area contributed by atoms with Crippen molar-refractivity contribution in [2.45, 2.75) is 13.2 Å². The Hall–Kier alpha value is -3.13. The number of carbonyl (C=O) groups is 1. The van der Waals surface area contributed by atoms with E-state index in [4.69, 9.17) is 18.9 Å². The number of nitro groups is 1. The topological polar surface area (TPSA) is 97.1 Å². The molecule has 130 valence electrons. The number of non-ortho nitro benzene ring substituents is 1. The number of hydrogen-bond donors (Lipinski definition) is 0. The van der Waals surface area contributed by atoms with Gasteiger partial charge in [0, 0.05) is 23.3 Å². The number of esters is 1. The highest BCUT2D eigenvalue weighted by molar-refractivity contribution is 5.92. The van der Waals surface area contributed by atoms with E-state index in [9.17, 15) is 14.9 Å². The van der Waals surface area contributed by atoms with Gasteiger partial charge in [-0.15, -0.1) is 0 Å². The molecular formula is C17H15NO7. The number of benzene rings is 2. The number of carbonyl (C=O) groups excluding carboxylic acids is 1. The third-order valence-corrected chi connectivity index (χ3v) is 3.66. The van der Waals surface area contributed by atoms with Crippen molar-refractivity contribution in [1.82, 2.24) is 0 Å². The summed E-state index contributed by atoms with van der Waals surface area (Å²) < 4.78 is 21.1. The second-order valence-corrected chi connectivity index (χ2v) is 5.24. The van der Waals surface area contributed by atoms with E-state index in [1.165, 1.54) is 19.2 Å². The minimum absolute atomic E-state index is 0.00196. The predicted octanol–water partition coefficient (Wildman–Crippen LogP) is 2.83. The van der Waals surface area contributed by atoms with Gasteiger partial charge in [-0.3, -0.25) is 10.1 Å². The molecule has 1 aliphatic heterocycles. The maximum Gasteiger partial charge on any atom is 0.341 e. The molecule has 2 aromatic carbocycles. The van der Waals surface area contributed by atoms with Gasteiger partial charge < -0.3 is 18.9 Å². The highest BCUT2D eigenvalue weighted by Crippen LogP contribution is 2.33. The third kappa shape index (κ3) is 3.53. The Balaban J connectivity index is 1.90. The molecule has 2 aromatic rings.